The van der Waals surface area contributed by atoms with Crippen LogP contribution >= 0.6 is 8.03 Å². The number of nitrogens with one attached hydrogen (secondary N) is 1. The van der Waals surface area contributed by atoms with Gasteiger partial charge in [0.1, 0.15) is 5.75 Å². The molecule has 5 heteroatoms. The predicted molar refractivity (Wildman–Crippen MR) is 65.4 cm³/mol. The van der Waals surface area contributed by atoms with Crippen LogP contribution in [0.25, 0.3) is 0 Å². The van der Waals surface area contributed by atoms with Crippen molar-refractivity contribution < 1.29 is 14.2 Å². The van der Waals surface area contributed by atoms with Gasteiger partial charge in [0, 0.05) is 12.2 Å². The van der Waals surface area contributed by atoms with E-state index in [1.807, 2.05) is 24.3 Å². The number of hydrogen-bond acceptors (Lipinski definition) is 3. The van der Waals surface area contributed by atoms with Gasteiger partial charge in [0.05, 0.1) is 7.11 Å². The van der Waals surface area contributed by atoms with Crippen LogP contribution in [0.2, 0.25) is 0 Å². The third-order valence-corrected chi connectivity index (χ3v) is 2.89. The molecule has 0 amide bonds. The molecule has 0 radical (unpaired) electrons. The van der Waals surface area contributed by atoms with E-state index in [1.165, 1.54) is 0 Å². The highest BCUT2D eigenvalue weighted by atomic mass is 31.1. The Morgan fingerprint density at radius 3 is 2.56 bits per heavy atom. The first-order valence-corrected chi connectivity index (χ1v) is 6.63. The number of hydrogen-bond donors (Lipinski definition) is 2. The van der Waals surface area contributed by atoms with Gasteiger partial charge in [-0.25, -0.2) is 0 Å². The quantitative estimate of drug-likeness (QED) is 0.570. The SMILES string of the molecule is COc1ccc(NCCCC[P+](=O)O)cc1. The molecule has 0 spiro atoms. The van der Waals surface area contributed by atoms with E-state index < -0.39 is 8.03 Å². The summed E-state index contributed by atoms with van der Waals surface area (Å²) in [5, 5.41) is 3.24. The van der Waals surface area contributed by atoms with Gasteiger partial charge in [-0.3, -0.25) is 0 Å². The maximum atomic E-state index is 10.4. The molecule has 0 heterocycles. The maximum Gasteiger partial charge on any atom is 0.505 e. The first kappa shape index (κ1) is 12.9. The molecular weight excluding hydrogens is 225 g/mol. The van der Waals surface area contributed by atoms with Gasteiger partial charge in [0.25, 0.3) is 0 Å². The van der Waals surface area contributed by atoms with Crippen molar-refractivity contribution in [3.8, 4) is 5.75 Å². The van der Waals surface area contributed by atoms with Gasteiger partial charge in [-0.05, 0) is 41.7 Å². The van der Waals surface area contributed by atoms with Crippen molar-refractivity contribution in [3.05, 3.63) is 24.3 Å². The fraction of sp³-hybridized carbons (Fsp3) is 0.455. The van der Waals surface area contributed by atoms with Crippen molar-refractivity contribution in [3.63, 3.8) is 0 Å². The molecule has 1 rings (SSSR count). The van der Waals surface area contributed by atoms with Crippen molar-refractivity contribution in [2.45, 2.75) is 12.8 Å². The Balaban J connectivity index is 2.19. The molecule has 0 aliphatic carbocycles. The minimum absolute atomic E-state index is 0.389. The number of benzene rings is 1. The van der Waals surface area contributed by atoms with Crippen molar-refractivity contribution in [1.82, 2.24) is 0 Å². The van der Waals surface area contributed by atoms with Crippen molar-refractivity contribution in [2.24, 2.45) is 0 Å². The molecule has 0 aliphatic heterocycles. The zero-order valence-corrected chi connectivity index (χ0v) is 10.2. The Morgan fingerprint density at radius 2 is 2.00 bits per heavy atom. The molecule has 4 nitrogen and oxygen atoms in total. The van der Waals surface area contributed by atoms with Crippen LogP contribution in [-0.4, -0.2) is 24.7 Å². The number of unbranched alkanes of at least 4 members (excludes halogenated alkanes) is 1. The monoisotopic (exact) mass is 242 g/mol. The molecule has 88 valence electrons. The summed E-state index contributed by atoms with van der Waals surface area (Å²) >= 11 is 0. The number of rotatable bonds is 7. The first-order valence-electron chi connectivity index (χ1n) is 5.24. The van der Waals surface area contributed by atoms with Crippen molar-refractivity contribution in [1.29, 1.82) is 0 Å². The minimum atomic E-state index is -1.97. The third kappa shape index (κ3) is 5.10. The predicted octanol–water partition coefficient (Wildman–Crippen LogP) is 2.62. The molecule has 0 bridgehead atoms. The zero-order chi connectivity index (χ0) is 11.8. The molecule has 1 aromatic rings. The summed E-state index contributed by atoms with van der Waals surface area (Å²) in [5.41, 5.74) is 1.04. The van der Waals surface area contributed by atoms with Crippen LogP contribution in [0, 0.1) is 0 Å². The van der Waals surface area contributed by atoms with Gasteiger partial charge < -0.3 is 10.1 Å². The van der Waals surface area contributed by atoms with E-state index in [1.54, 1.807) is 7.11 Å². The number of methoxy groups -OCH3 is 1. The third-order valence-electron chi connectivity index (χ3n) is 2.20. The van der Waals surface area contributed by atoms with Crippen LogP contribution in [0.1, 0.15) is 12.8 Å². The molecule has 16 heavy (non-hydrogen) atoms. The number of ether oxygens (including phenoxy) is 1. The fourth-order valence-electron chi connectivity index (χ4n) is 1.31. The van der Waals surface area contributed by atoms with Crippen LogP contribution in [0.4, 0.5) is 5.69 Å². The van der Waals surface area contributed by atoms with Crippen LogP contribution in [0.15, 0.2) is 24.3 Å². The Hall–Kier alpha value is -1.12. The molecule has 1 aromatic carbocycles. The molecule has 1 atom stereocenters. The van der Waals surface area contributed by atoms with Gasteiger partial charge >= 0.3 is 8.03 Å². The number of anilines is 1. The lowest BCUT2D eigenvalue weighted by molar-refractivity contribution is 0.415. The molecule has 0 saturated heterocycles. The van der Waals surface area contributed by atoms with Crippen LogP contribution < -0.4 is 10.1 Å². The second-order valence-electron chi connectivity index (χ2n) is 3.44. The lowest BCUT2D eigenvalue weighted by atomic mass is 10.3. The summed E-state index contributed by atoms with van der Waals surface area (Å²) in [6.07, 6.45) is 2.06. The standard InChI is InChI=1S/C11H16NO3P/c1-15-11-6-4-10(5-7-11)12-8-2-3-9-16(13)14/h4-7,12H,2-3,8-9H2,1H3/p+1. The van der Waals surface area contributed by atoms with E-state index in [0.717, 1.165) is 30.8 Å². The van der Waals surface area contributed by atoms with Crippen LogP contribution in [-0.2, 0) is 4.57 Å². The van der Waals surface area contributed by atoms with E-state index >= 15 is 0 Å². The van der Waals surface area contributed by atoms with Crippen LogP contribution in [0.5, 0.6) is 5.75 Å². The average molecular weight is 242 g/mol. The summed E-state index contributed by atoms with van der Waals surface area (Å²) < 4.78 is 15.5. The lowest BCUT2D eigenvalue weighted by Crippen LogP contribution is -2.01. The van der Waals surface area contributed by atoms with E-state index in [2.05, 4.69) is 5.32 Å². The van der Waals surface area contributed by atoms with Gasteiger partial charge in [-0.15, -0.1) is 0 Å². The Labute approximate surface area is 96.5 Å². The second kappa shape index (κ2) is 7.20. The average Bonchev–Trinajstić information content (AvgIpc) is 2.29. The van der Waals surface area contributed by atoms with Crippen LogP contribution in [0.3, 0.4) is 0 Å². The largest absolute Gasteiger partial charge is 0.505 e. The lowest BCUT2D eigenvalue weighted by Gasteiger charge is -2.05. The molecule has 1 unspecified atom stereocenters. The van der Waals surface area contributed by atoms with Crippen molar-refractivity contribution >= 4 is 13.7 Å². The normalized spacial score (nSPS) is 11.0. The first-order chi connectivity index (χ1) is 7.72. The smallest absolute Gasteiger partial charge is 0.497 e. The topological polar surface area (TPSA) is 58.6 Å². The molecule has 0 saturated carbocycles. The minimum Gasteiger partial charge on any atom is -0.497 e. The van der Waals surface area contributed by atoms with E-state index in [9.17, 15) is 4.57 Å². The molecule has 2 N–H and O–H groups in total. The summed E-state index contributed by atoms with van der Waals surface area (Å²) in [6, 6.07) is 7.69. The Morgan fingerprint density at radius 1 is 1.31 bits per heavy atom. The zero-order valence-electron chi connectivity index (χ0n) is 9.35. The highest BCUT2D eigenvalue weighted by molar-refractivity contribution is 7.37. The van der Waals surface area contributed by atoms with Gasteiger partial charge in [-0.2, -0.15) is 4.89 Å². The highest BCUT2D eigenvalue weighted by Crippen LogP contribution is 2.16. The second-order valence-corrected chi connectivity index (χ2v) is 4.59. The van der Waals surface area contributed by atoms with E-state index in [4.69, 9.17) is 9.63 Å². The highest BCUT2D eigenvalue weighted by Gasteiger charge is 2.07. The summed E-state index contributed by atoms with van der Waals surface area (Å²) in [4.78, 5) is 8.60. The molecule has 0 aromatic heterocycles. The Bertz CT molecular complexity index is 327. The van der Waals surface area contributed by atoms with Gasteiger partial charge in [0.15, 0.2) is 6.16 Å². The Kier molecular flexibility index (Phi) is 5.83. The van der Waals surface area contributed by atoms with Gasteiger partial charge in [-0.1, -0.05) is 0 Å². The van der Waals surface area contributed by atoms with Crippen molar-refractivity contribution in [2.75, 3.05) is 25.1 Å². The fourth-order valence-corrected chi connectivity index (χ4v) is 1.81. The summed E-state index contributed by atoms with van der Waals surface area (Å²) in [5.74, 6) is 0.836. The van der Waals surface area contributed by atoms with E-state index in [0.29, 0.717) is 6.16 Å². The van der Waals surface area contributed by atoms with Gasteiger partial charge in [0.2, 0.25) is 0 Å². The summed E-state index contributed by atoms with van der Waals surface area (Å²) in [6.45, 7) is 0.815. The molecule has 0 fully saturated rings. The summed E-state index contributed by atoms with van der Waals surface area (Å²) in [7, 11) is -0.335. The van der Waals surface area contributed by atoms with E-state index in [-0.39, 0.29) is 0 Å². The molecular formula is C11H17NO3P+. The maximum absolute atomic E-state index is 10.4. The molecule has 0 aliphatic rings.